The van der Waals surface area contributed by atoms with Gasteiger partial charge in [0.05, 0.1) is 0 Å². The number of benzene rings is 1. The molecule has 0 aromatic heterocycles. The molecular weight excluding hydrogens is 215 g/mol. The molecule has 0 heterocycles. The number of carbonyl (C=O) groups is 1. The van der Waals surface area contributed by atoms with Crippen molar-refractivity contribution < 1.29 is 14.3 Å². The molecule has 0 saturated carbocycles. The Morgan fingerprint density at radius 2 is 2.27 bits per heavy atom. The van der Waals surface area contributed by atoms with Crippen LogP contribution in [0.3, 0.4) is 0 Å². The summed E-state index contributed by atoms with van der Waals surface area (Å²) >= 11 is 1.35. The Bertz CT molecular complexity index is 352. The van der Waals surface area contributed by atoms with Crippen molar-refractivity contribution in [1.29, 1.82) is 0 Å². The van der Waals surface area contributed by atoms with Crippen molar-refractivity contribution in [1.82, 2.24) is 0 Å². The number of aliphatic hydroxyl groups is 1. The summed E-state index contributed by atoms with van der Waals surface area (Å²) in [6.45, 7) is 1.52. The van der Waals surface area contributed by atoms with Crippen LogP contribution < -0.4 is 0 Å². The summed E-state index contributed by atoms with van der Waals surface area (Å²) in [4.78, 5) is 11.5. The predicted octanol–water partition coefficient (Wildman–Crippen LogP) is 2.50. The highest BCUT2D eigenvalue weighted by atomic mass is 32.2. The van der Waals surface area contributed by atoms with Crippen LogP contribution in [0.15, 0.2) is 23.1 Å². The Morgan fingerprint density at radius 1 is 1.53 bits per heavy atom. The van der Waals surface area contributed by atoms with E-state index in [2.05, 4.69) is 0 Å². The van der Waals surface area contributed by atoms with Crippen LogP contribution in [0, 0.1) is 5.82 Å². The molecule has 0 aliphatic rings. The van der Waals surface area contributed by atoms with Gasteiger partial charge >= 0.3 is 0 Å². The minimum atomic E-state index is -0.370. The van der Waals surface area contributed by atoms with Crippen LogP contribution >= 0.6 is 11.8 Å². The van der Waals surface area contributed by atoms with Crippen LogP contribution in [0.1, 0.15) is 23.7 Å². The molecule has 1 aromatic carbocycles. The summed E-state index contributed by atoms with van der Waals surface area (Å²) in [6, 6.07) is 4.48. The number of hydrogen-bond donors (Lipinski definition) is 1. The summed E-state index contributed by atoms with van der Waals surface area (Å²) in [5, 5.41) is 8.58. The van der Waals surface area contributed by atoms with E-state index < -0.39 is 0 Å². The van der Waals surface area contributed by atoms with E-state index >= 15 is 0 Å². The van der Waals surface area contributed by atoms with Crippen LogP contribution in [-0.2, 0) is 0 Å². The second kappa shape index (κ2) is 5.88. The predicted molar refractivity (Wildman–Crippen MR) is 58.8 cm³/mol. The van der Waals surface area contributed by atoms with Gasteiger partial charge in [0.1, 0.15) is 5.82 Å². The monoisotopic (exact) mass is 228 g/mol. The van der Waals surface area contributed by atoms with Crippen LogP contribution in [0.2, 0.25) is 0 Å². The van der Waals surface area contributed by atoms with Crippen molar-refractivity contribution >= 4 is 17.5 Å². The number of ketones is 1. The zero-order valence-electron chi connectivity index (χ0n) is 8.50. The Balaban J connectivity index is 2.70. The molecule has 0 aliphatic carbocycles. The third kappa shape index (κ3) is 3.64. The molecule has 15 heavy (non-hydrogen) atoms. The van der Waals surface area contributed by atoms with E-state index in [0.717, 1.165) is 0 Å². The van der Waals surface area contributed by atoms with Crippen molar-refractivity contribution in [3.63, 3.8) is 0 Å². The standard InChI is InChI=1S/C11H13FO2S/c1-8(14)9-3-4-11(10(12)7-9)15-6-2-5-13/h3-4,7,13H,2,5-6H2,1H3. The van der Waals surface area contributed by atoms with Crippen LogP contribution in [0.4, 0.5) is 4.39 Å². The maximum atomic E-state index is 13.4. The molecule has 1 aromatic rings. The lowest BCUT2D eigenvalue weighted by Crippen LogP contribution is -1.94. The first-order valence-electron chi connectivity index (χ1n) is 4.69. The quantitative estimate of drug-likeness (QED) is 0.478. The number of hydrogen-bond acceptors (Lipinski definition) is 3. The molecule has 0 fully saturated rings. The van der Waals surface area contributed by atoms with E-state index in [0.29, 0.717) is 22.6 Å². The van der Waals surface area contributed by atoms with Gasteiger partial charge in [0.2, 0.25) is 0 Å². The fourth-order valence-electron chi connectivity index (χ4n) is 1.08. The molecule has 4 heteroatoms. The lowest BCUT2D eigenvalue weighted by atomic mass is 10.1. The zero-order chi connectivity index (χ0) is 11.3. The largest absolute Gasteiger partial charge is 0.396 e. The van der Waals surface area contributed by atoms with Crippen molar-refractivity contribution in [2.45, 2.75) is 18.2 Å². The molecule has 0 bridgehead atoms. The van der Waals surface area contributed by atoms with E-state index in [1.165, 1.54) is 24.8 Å². The van der Waals surface area contributed by atoms with Gasteiger partial charge in [-0.2, -0.15) is 0 Å². The van der Waals surface area contributed by atoms with Gasteiger partial charge in [-0.3, -0.25) is 4.79 Å². The highest BCUT2D eigenvalue weighted by molar-refractivity contribution is 7.99. The number of Topliss-reactive ketones (excluding diaryl/α,β-unsaturated/α-hetero) is 1. The topological polar surface area (TPSA) is 37.3 Å². The van der Waals surface area contributed by atoms with Gasteiger partial charge in [-0.1, -0.05) is 6.07 Å². The average molecular weight is 228 g/mol. The molecule has 0 spiro atoms. The second-order valence-corrected chi connectivity index (χ2v) is 4.26. The zero-order valence-corrected chi connectivity index (χ0v) is 9.31. The summed E-state index contributed by atoms with van der Waals surface area (Å²) in [5.74, 6) is 0.166. The molecule has 1 rings (SSSR count). The Kier molecular flexibility index (Phi) is 4.78. The van der Waals surface area contributed by atoms with E-state index in [1.54, 1.807) is 12.1 Å². The maximum absolute atomic E-state index is 13.4. The van der Waals surface area contributed by atoms with Crippen molar-refractivity contribution in [3.05, 3.63) is 29.6 Å². The fourth-order valence-corrected chi connectivity index (χ4v) is 1.94. The number of carbonyl (C=O) groups excluding carboxylic acids is 1. The Hall–Kier alpha value is -0.870. The average Bonchev–Trinajstić information content (AvgIpc) is 2.20. The van der Waals surface area contributed by atoms with Gasteiger partial charge in [-0.05, 0) is 25.5 Å². The Morgan fingerprint density at radius 3 is 2.80 bits per heavy atom. The minimum absolute atomic E-state index is 0.111. The third-order valence-electron chi connectivity index (χ3n) is 1.90. The first kappa shape index (κ1) is 12.2. The summed E-state index contributed by atoms with van der Waals surface area (Å²) in [6.07, 6.45) is 0.637. The van der Waals surface area contributed by atoms with E-state index in [4.69, 9.17) is 5.11 Å². The van der Waals surface area contributed by atoms with Crippen molar-refractivity contribution in [2.75, 3.05) is 12.4 Å². The molecule has 0 unspecified atom stereocenters. The van der Waals surface area contributed by atoms with Crippen molar-refractivity contribution in [3.8, 4) is 0 Å². The molecule has 0 amide bonds. The molecule has 1 N–H and O–H groups in total. The fraction of sp³-hybridized carbons (Fsp3) is 0.364. The van der Waals surface area contributed by atoms with Crippen LogP contribution in [0.25, 0.3) is 0 Å². The third-order valence-corrected chi connectivity index (χ3v) is 3.03. The molecule has 2 nitrogen and oxygen atoms in total. The van der Waals surface area contributed by atoms with Gasteiger partial charge in [-0.15, -0.1) is 11.8 Å². The van der Waals surface area contributed by atoms with E-state index in [-0.39, 0.29) is 18.2 Å². The molecule has 0 atom stereocenters. The van der Waals surface area contributed by atoms with E-state index in [1.807, 2.05) is 0 Å². The smallest absolute Gasteiger partial charge is 0.159 e. The highest BCUT2D eigenvalue weighted by Gasteiger charge is 2.06. The van der Waals surface area contributed by atoms with Gasteiger partial charge in [0.15, 0.2) is 5.78 Å². The van der Waals surface area contributed by atoms with E-state index in [9.17, 15) is 9.18 Å². The first-order valence-corrected chi connectivity index (χ1v) is 5.68. The van der Waals surface area contributed by atoms with Gasteiger partial charge in [0, 0.05) is 22.8 Å². The SMILES string of the molecule is CC(=O)c1ccc(SCCCO)c(F)c1. The lowest BCUT2D eigenvalue weighted by Gasteiger charge is -2.03. The lowest BCUT2D eigenvalue weighted by molar-refractivity contribution is 0.101. The normalized spacial score (nSPS) is 10.3. The highest BCUT2D eigenvalue weighted by Crippen LogP contribution is 2.23. The molecular formula is C11H13FO2S. The summed E-state index contributed by atoms with van der Waals surface area (Å²) in [5.41, 5.74) is 0.388. The summed E-state index contributed by atoms with van der Waals surface area (Å²) < 4.78 is 13.4. The van der Waals surface area contributed by atoms with Crippen LogP contribution in [-0.4, -0.2) is 23.2 Å². The second-order valence-electron chi connectivity index (χ2n) is 3.13. The Labute approximate surface area is 92.5 Å². The first-order chi connectivity index (χ1) is 7.15. The molecule has 0 saturated heterocycles. The number of aliphatic hydroxyl groups excluding tert-OH is 1. The maximum Gasteiger partial charge on any atom is 0.159 e. The van der Waals surface area contributed by atoms with Gasteiger partial charge in [-0.25, -0.2) is 4.39 Å². The minimum Gasteiger partial charge on any atom is -0.396 e. The number of rotatable bonds is 5. The molecule has 0 aliphatic heterocycles. The van der Waals surface area contributed by atoms with Gasteiger partial charge < -0.3 is 5.11 Å². The van der Waals surface area contributed by atoms with Gasteiger partial charge in [0.25, 0.3) is 0 Å². The number of halogens is 1. The van der Waals surface area contributed by atoms with Crippen LogP contribution in [0.5, 0.6) is 0 Å². The molecule has 82 valence electrons. The summed E-state index contributed by atoms with van der Waals surface area (Å²) in [7, 11) is 0. The molecule has 0 radical (unpaired) electrons. The van der Waals surface area contributed by atoms with Crippen molar-refractivity contribution in [2.24, 2.45) is 0 Å². The number of thioether (sulfide) groups is 1.